The Morgan fingerprint density at radius 2 is 2.19 bits per heavy atom. The number of carbonyl (C=O) groups excluding carboxylic acids is 1. The number of aryl methyl sites for hydroxylation is 1. The molecule has 2 aromatic heterocycles. The minimum atomic E-state index is -0.612. The third-order valence-electron chi connectivity index (χ3n) is 3.28. The number of amides is 1. The van der Waals surface area contributed by atoms with E-state index < -0.39 is 11.7 Å². The first-order chi connectivity index (χ1) is 12.3. The number of halogens is 3. The third-order valence-corrected chi connectivity index (χ3v) is 4.62. The number of hydrogen-bond donors (Lipinski definition) is 3. The van der Waals surface area contributed by atoms with E-state index in [0.717, 1.165) is 0 Å². The highest BCUT2D eigenvalue weighted by Crippen LogP contribution is 2.27. The zero-order valence-electron chi connectivity index (χ0n) is 13.8. The van der Waals surface area contributed by atoms with E-state index in [2.05, 4.69) is 42.4 Å². The number of hydrogen-bond acceptors (Lipinski definition) is 5. The highest BCUT2D eigenvalue weighted by Gasteiger charge is 2.12. The van der Waals surface area contributed by atoms with Crippen molar-refractivity contribution in [2.75, 3.05) is 10.4 Å². The van der Waals surface area contributed by atoms with Crippen molar-refractivity contribution in [3.63, 3.8) is 0 Å². The number of anilines is 2. The van der Waals surface area contributed by atoms with Crippen molar-refractivity contribution in [1.82, 2.24) is 9.97 Å². The molecule has 1 atom stereocenters. The van der Waals surface area contributed by atoms with Crippen LogP contribution in [-0.4, -0.2) is 21.6 Å². The Bertz CT molecular complexity index is 893. The van der Waals surface area contributed by atoms with Gasteiger partial charge in [0.05, 0.1) is 16.4 Å². The Morgan fingerprint density at radius 1 is 1.46 bits per heavy atom. The van der Waals surface area contributed by atoms with Gasteiger partial charge in [-0.1, -0.05) is 11.6 Å². The molecule has 3 N–H and O–H groups in total. The van der Waals surface area contributed by atoms with Crippen molar-refractivity contribution in [1.29, 1.82) is 5.41 Å². The van der Waals surface area contributed by atoms with Gasteiger partial charge in [0.1, 0.15) is 17.3 Å². The van der Waals surface area contributed by atoms with Crippen LogP contribution < -0.4 is 10.4 Å². The van der Waals surface area contributed by atoms with Gasteiger partial charge in [0, 0.05) is 29.9 Å². The summed E-state index contributed by atoms with van der Waals surface area (Å²) in [6, 6.07) is 2.82. The first-order valence-electron chi connectivity index (χ1n) is 7.30. The van der Waals surface area contributed by atoms with Crippen molar-refractivity contribution in [2.45, 2.75) is 13.8 Å². The van der Waals surface area contributed by atoms with Crippen molar-refractivity contribution in [3.05, 3.63) is 52.2 Å². The summed E-state index contributed by atoms with van der Waals surface area (Å²) in [6.07, 6.45) is 4.25. The largest absolute Gasteiger partial charge is 0.343 e. The van der Waals surface area contributed by atoms with E-state index in [1.807, 2.05) is 0 Å². The SMILES string of the molecule is CC(=N)c1cc(F)c(/C=C/C(=O)Nc2cc(Cl)cnc2C)nc1NPI. The molecule has 0 fully saturated rings. The minimum Gasteiger partial charge on any atom is -0.343 e. The monoisotopic (exact) mass is 505 g/mol. The molecule has 0 saturated heterocycles. The number of nitrogens with zero attached hydrogens (tertiary/aromatic N) is 2. The van der Waals surface area contributed by atoms with Crippen LogP contribution in [0.2, 0.25) is 5.02 Å². The lowest BCUT2D eigenvalue weighted by molar-refractivity contribution is -0.111. The summed E-state index contributed by atoms with van der Waals surface area (Å²) >= 11 is 7.98. The lowest BCUT2D eigenvalue weighted by atomic mass is 10.1. The van der Waals surface area contributed by atoms with E-state index in [1.165, 1.54) is 24.4 Å². The van der Waals surface area contributed by atoms with E-state index in [4.69, 9.17) is 17.0 Å². The van der Waals surface area contributed by atoms with Crippen LogP contribution in [0, 0.1) is 18.2 Å². The number of rotatable bonds is 6. The molecule has 0 aliphatic heterocycles. The molecule has 1 amide bonds. The molecule has 0 aliphatic rings. The van der Waals surface area contributed by atoms with Gasteiger partial charge in [-0.15, -0.1) is 0 Å². The Kier molecular flexibility index (Phi) is 7.43. The first kappa shape index (κ1) is 20.7. The summed E-state index contributed by atoms with van der Waals surface area (Å²) in [5, 5.41) is 13.8. The summed E-state index contributed by atoms with van der Waals surface area (Å²) < 4.78 is 14.2. The molecular weight excluding hydrogens is 491 g/mol. The molecule has 0 aromatic carbocycles. The van der Waals surface area contributed by atoms with Gasteiger partial charge < -0.3 is 15.8 Å². The smallest absolute Gasteiger partial charge is 0.248 e. The van der Waals surface area contributed by atoms with E-state index in [0.29, 0.717) is 34.2 Å². The zero-order valence-corrected chi connectivity index (χ0v) is 17.7. The molecule has 0 aliphatic carbocycles. The van der Waals surface area contributed by atoms with Crippen LogP contribution in [0.4, 0.5) is 15.9 Å². The molecule has 1 unspecified atom stereocenters. The summed E-state index contributed by atoms with van der Waals surface area (Å²) in [6.45, 7) is 3.29. The van der Waals surface area contributed by atoms with Crippen LogP contribution in [0.25, 0.3) is 6.08 Å². The lowest BCUT2D eigenvalue weighted by Crippen LogP contribution is -2.10. The van der Waals surface area contributed by atoms with Gasteiger partial charge >= 0.3 is 0 Å². The summed E-state index contributed by atoms with van der Waals surface area (Å²) in [5.74, 6) is -0.670. The van der Waals surface area contributed by atoms with Gasteiger partial charge in [0.2, 0.25) is 5.91 Å². The maximum atomic E-state index is 14.2. The average molecular weight is 506 g/mol. The minimum absolute atomic E-state index is 0.00300. The lowest BCUT2D eigenvalue weighted by Gasteiger charge is -2.10. The second-order valence-corrected chi connectivity index (χ2v) is 7.70. The number of carbonyl (C=O) groups is 1. The quantitative estimate of drug-likeness (QED) is 0.224. The third kappa shape index (κ3) is 5.43. The van der Waals surface area contributed by atoms with Crippen LogP contribution in [0.5, 0.6) is 0 Å². The van der Waals surface area contributed by atoms with Crippen molar-refractivity contribution >= 4 is 69.2 Å². The Hall–Kier alpha value is -1.64. The molecule has 0 spiro atoms. The van der Waals surface area contributed by atoms with Crippen molar-refractivity contribution in [3.8, 4) is 0 Å². The van der Waals surface area contributed by atoms with Gasteiger partial charge in [-0.05, 0) is 54.1 Å². The maximum Gasteiger partial charge on any atom is 0.248 e. The molecule has 2 aromatic rings. The highest BCUT2D eigenvalue weighted by atomic mass is 127. The van der Waals surface area contributed by atoms with Crippen molar-refractivity contribution < 1.29 is 9.18 Å². The number of aromatic nitrogens is 2. The van der Waals surface area contributed by atoms with Crippen LogP contribution >= 0.6 is 40.0 Å². The fraction of sp³-hybridized carbons (Fsp3) is 0.125. The van der Waals surface area contributed by atoms with Crippen LogP contribution in [0.1, 0.15) is 23.9 Å². The Balaban J connectivity index is 2.23. The van der Waals surface area contributed by atoms with Crippen molar-refractivity contribution in [2.24, 2.45) is 0 Å². The summed E-state index contributed by atoms with van der Waals surface area (Å²) in [7, 11) is 0. The average Bonchev–Trinajstić information content (AvgIpc) is 2.58. The topological polar surface area (TPSA) is 90.8 Å². The van der Waals surface area contributed by atoms with Crippen LogP contribution in [0.15, 0.2) is 24.4 Å². The molecule has 0 saturated carbocycles. The molecule has 6 nitrogen and oxygen atoms in total. The molecule has 0 bridgehead atoms. The molecule has 26 heavy (non-hydrogen) atoms. The second kappa shape index (κ2) is 9.34. The highest BCUT2D eigenvalue weighted by molar-refractivity contribution is 14.2. The normalized spacial score (nSPS) is 11.3. The van der Waals surface area contributed by atoms with Gasteiger partial charge in [-0.25, -0.2) is 9.37 Å². The maximum absolute atomic E-state index is 14.2. The number of nitrogens with one attached hydrogen (secondary N) is 3. The zero-order chi connectivity index (χ0) is 19.3. The predicted octanol–water partition coefficient (Wildman–Crippen LogP) is 4.97. The first-order valence-corrected chi connectivity index (χ1v) is 11.8. The molecule has 136 valence electrons. The van der Waals surface area contributed by atoms with E-state index >= 15 is 0 Å². The molecule has 10 heteroatoms. The molecule has 2 rings (SSSR count). The van der Waals surface area contributed by atoms with Crippen LogP contribution in [0.3, 0.4) is 0 Å². The molecule has 2 heterocycles. The second-order valence-electron chi connectivity index (χ2n) is 5.21. The van der Waals surface area contributed by atoms with Gasteiger partial charge in [-0.2, -0.15) is 0 Å². The number of pyridine rings is 2. The van der Waals surface area contributed by atoms with E-state index in [1.54, 1.807) is 19.9 Å². The van der Waals surface area contributed by atoms with E-state index in [9.17, 15) is 9.18 Å². The van der Waals surface area contributed by atoms with Gasteiger partial charge in [0.25, 0.3) is 0 Å². The fourth-order valence-electron chi connectivity index (χ4n) is 2.01. The summed E-state index contributed by atoms with van der Waals surface area (Å²) in [5.41, 5.74) is 1.67. The van der Waals surface area contributed by atoms with Crippen LogP contribution in [-0.2, 0) is 4.79 Å². The van der Waals surface area contributed by atoms with Gasteiger partial charge in [0.15, 0.2) is 0 Å². The Morgan fingerprint density at radius 3 is 2.85 bits per heavy atom. The standard InChI is InChI=1S/C16H15ClFIN5OP/c1-8(20)11-6-12(18)13(23-16(11)24-26-19)3-4-15(25)22-14-5-10(17)7-21-9(14)2/h3-7,20,26H,1-2H3,(H,22,25)(H,23,24)/b4-3+,20-8?. The molecular formula is C16H15ClFIN5OP. The molecule has 0 radical (unpaired) electrons. The summed E-state index contributed by atoms with van der Waals surface area (Å²) in [4.78, 5) is 20.3. The Labute approximate surface area is 169 Å². The van der Waals surface area contributed by atoms with E-state index in [-0.39, 0.29) is 11.4 Å². The fourth-order valence-corrected chi connectivity index (χ4v) is 3.21. The predicted molar refractivity (Wildman–Crippen MR) is 114 cm³/mol. The van der Waals surface area contributed by atoms with Gasteiger partial charge in [-0.3, -0.25) is 9.78 Å².